The van der Waals surface area contributed by atoms with Gasteiger partial charge < -0.3 is 10.1 Å². The summed E-state index contributed by atoms with van der Waals surface area (Å²) in [6.45, 7) is 1.98. The van der Waals surface area contributed by atoms with Crippen LogP contribution in [0.15, 0.2) is 36.7 Å². The second-order valence-electron chi connectivity index (χ2n) is 4.67. The molecule has 2 heterocycles. The molecule has 3 rings (SSSR count). The maximum absolute atomic E-state index is 13.2. The Morgan fingerprint density at radius 1 is 1.32 bits per heavy atom. The first-order valence-corrected chi connectivity index (χ1v) is 6.49. The lowest BCUT2D eigenvalue weighted by molar-refractivity contribution is 0.162. The van der Waals surface area contributed by atoms with Crippen molar-refractivity contribution in [2.24, 2.45) is 0 Å². The molecule has 0 amide bonds. The molecule has 0 unspecified atom stereocenters. The van der Waals surface area contributed by atoms with Gasteiger partial charge in [-0.25, -0.2) is 9.07 Å². The van der Waals surface area contributed by atoms with Crippen LogP contribution in [0.1, 0.15) is 12.8 Å². The molecule has 4 nitrogen and oxygen atoms in total. The standard InChI is InChI=1S/C14H16FN3O/c15-11-2-1-3-12(8-11)18-10-14(9-17-18)19-13-4-6-16-7-5-13/h1-3,8-10,13,16H,4-7H2. The van der Waals surface area contributed by atoms with E-state index in [0.29, 0.717) is 5.69 Å². The molecular formula is C14H16FN3O. The van der Waals surface area contributed by atoms with Crippen molar-refractivity contribution in [3.8, 4) is 11.4 Å². The maximum atomic E-state index is 13.2. The number of rotatable bonds is 3. The zero-order chi connectivity index (χ0) is 13.1. The van der Waals surface area contributed by atoms with Gasteiger partial charge in [0.05, 0.1) is 18.1 Å². The highest BCUT2D eigenvalue weighted by Gasteiger charge is 2.15. The lowest BCUT2D eigenvalue weighted by atomic mass is 10.1. The molecule has 5 heteroatoms. The van der Waals surface area contributed by atoms with Crippen molar-refractivity contribution in [2.75, 3.05) is 13.1 Å². The van der Waals surface area contributed by atoms with E-state index in [9.17, 15) is 4.39 Å². The van der Waals surface area contributed by atoms with E-state index in [4.69, 9.17) is 4.74 Å². The van der Waals surface area contributed by atoms with Crippen molar-refractivity contribution >= 4 is 0 Å². The highest BCUT2D eigenvalue weighted by Crippen LogP contribution is 2.18. The van der Waals surface area contributed by atoms with Crippen LogP contribution in [-0.2, 0) is 0 Å². The summed E-state index contributed by atoms with van der Waals surface area (Å²) >= 11 is 0. The van der Waals surface area contributed by atoms with Gasteiger partial charge in [0, 0.05) is 0 Å². The molecule has 1 aromatic heterocycles. The Bertz CT molecular complexity index is 549. The van der Waals surface area contributed by atoms with Gasteiger partial charge in [-0.05, 0) is 44.1 Å². The van der Waals surface area contributed by atoms with Crippen LogP contribution in [0.3, 0.4) is 0 Å². The minimum atomic E-state index is -0.270. The number of nitrogens with one attached hydrogen (secondary N) is 1. The minimum Gasteiger partial charge on any atom is -0.487 e. The van der Waals surface area contributed by atoms with Gasteiger partial charge in [-0.3, -0.25) is 0 Å². The molecule has 0 atom stereocenters. The highest BCUT2D eigenvalue weighted by molar-refractivity contribution is 5.32. The summed E-state index contributed by atoms with van der Waals surface area (Å²) in [6, 6.07) is 6.34. The summed E-state index contributed by atoms with van der Waals surface area (Å²) in [5.74, 6) is 0.463. The van der Waals surface area contributed by atoms with Crippen LogP contribution < -0.4 is 10.1 Å². The predicted molar refractivity (Wildman–Crippen MR) is 70.0 cm³/mol. The van der Waals surface area contributed by atoms with Gasteiger partial charge >= 0.3 is 0 Å². The average Bonchev–Trinajstić information content (AvgIpc) is 2.88. The van der Waals surface area contributed by atoms with Gasteiger partial charge in [-0.1, -0.05) is 6.07 Å². The van der Waals surface area contributed by atoms with E-state index in [0.717, 1.165) is 31.7 Å². The van der Waals surface area contributed by atoms with Crippen LogP contribution >= 0.6 is 0 Å². The van der Waals surface area contributed by atoms with E-state index in [-0.39, 0.29) is 11.9 Å². The molecule has 1 N–H and O–H groups in total. The molecule has 1 aromatic carbocycles. The van der Waals surface area contributed by atoms with Crippen molar-refractivity contribution in [3.63, 3.8) is 0 Å². The highest BCUT2D eigenvalue weighted by atomic mass is 19.1. The largest absolute Gasteiger partial charge is 0.487 e. The van der Waals surface area contributed by atoms with Crippen molar-refractivity contribution in [1.29, 1.82) is 0 Å². The number of piperidine rings is 1. The summed E-state index contributed by atoms with van der Waals surface area (Å²) < 4.78 is 20.6. The van der Waals surface area contributed by atoms with Crippen LogP contribution in [0, 0.1) is 5.82 Å². The molecule has 1 aliphatic rings. The monoisotopic (exact) mass is 261 g/mol. The van der Waals surface area contributed by atoms with E-state index < -0.39 is 0 Å². The molecule has 19 heavy (non-hydrogen) atoms. The van der Waals surface area contributed by atoms with E-state index in [2.05, 4.69) is 10.4 Å². The van der Waals surface area contributed by atoms with Gasteiger partial charge in [0.15, 0.2) is 5.75 Å². The zero-order valence-corrected chi connectivity index (χ0v) is 10.6. The number of hydrogen-bond acceptors (Lipinski definition) is 3. The number of halogens is 1. The molecular weight excluding hydrogens is 245 g/mol. The molecule has 1 aliphatic heterocycles. The van der Waals surface area contributed by atoms with Crippen LogP contribution in [0.4, 0.5) is 4.39 Å². The normalized spacial score (nSPS) is 16.5. The molecule has 100 valence electrons. The van der Waals surface area contributed by atoms with Crippen molar-refractivity contribution < 1.29 is 9.13 Å². The fourth-order valence-corrected chi connectivity index (χ4v) is 2.23. The number of benzene rings is 1. The van der Waals surface area contributed by atoms with Crippen molar-refractivity contribution in [3.05, 3.63) is 42.5 Å². The Morgan fingerprint density at radius 2 is 2.16 bits per heavy atom. The Labute approximate surface area is 111 Å². The number of aromatic nitrogens is 2. The first kappa shape index (κ1) is 12.2. The van der Waals surface area contributed by atoms with Crippen molar-refractivity contribution in [1.82, 2.24) is 15.1 Å². The Balaban J connectivity index is 1.72. The lowest BCUT2D eigenvalue weighted by Gasteiger charge is -2.22. The topological polar surface area (TPSA) is 39.1 Å². The van der Waals surface area contributed by atoms with E-state index >= 15 is 0 Å². The predicted octanol–water partition coefficient (Wildman–Crippen LogP) is 2.14. The quantitative estimate of drug-likeness (QED) is 0.920. The van der Waals surface area contributed by atoms with Gasteiger partial charge in [-0.15, -0.1) is 0 Å². The third kappa shape index (κ3) is 2.93. The smallest absolute Gasteiger partial charge is 0.158 e. The van der Waals surface area contributed by atoms with Crippen LogP contribution in [0.2, 0.25) is 0 Å². The first-order valence-electron chi connectivity index (χ1n) is 6.49. The number of nitrogens with zero attached hydrogens (tertiary/aromatic N) is 2. The first-order chi connectivity index (χ1) is 9.31. The molecule has 1 saturated heterocycles. The zero-order valence-electron chi connectivity index (χ0n) is 10.6. The van der Waals surface area contributed by atoms with Crippen LogP contribution in [-0.4, -0.2) is 29.0 Å². The van der Waals surface area contributed by atoms with Crippen molar-refractivity contribution in [2.45, 2.75) is 18.9 Å². The fraction of sp³-hybridized carbons (Fsp3) is 0.357. The van der Waals surface area contributed by atoms with Gasteiger partial charge in [0.2, 0.25) is 0 Å². The van der Waals surface area contributed by atoms with E-state index in [1.165, 1.54) is 12.1 Å². The van der Waals surface area contributed by atoms with Gasteiger partial charge in [0.25, 0.3) is 0 Å². The summed E-state index contributed by atoms with van der Waals surface area (Å²) in [4.78, 5) is 0. The number of ether oxygens (including phenoxy) is 1. The summed E-state index contributed by atoms with van der Waals surface area (Å²) in [5, 5.41) is 7.50. The molecule has 1 fully saturated rings. The summed E-state index contributed by atoms with van der Waals surface area (Å²) in [7, 11) is 0. The van der Waals surface area contributed by atoms with Gasteiger partial charge in [0.1, 0.15) is 11.9 Å². The molecule has 0 bridgehead atoms. The lowest BCUT2D eigenvalue weighted by Crippen LogP contribution is -2.34. The maximum Gasteiger partial charge on any atom is 0.158 e. The summed E-state index contributed by atoms with van der Waals surface area (Å²) in [6.07, 6.45) is 5.71. The second kappa shape index (κ2) is 5.40. The van der Waals surface area contributed by atoms with E-state index in [1.807, 2.05) is 6.07 Å². The molecule has 0 radical (unpaired) electrons. The Hall–Kier alpha value is -1.88. The Kier molecular flexibility index (Phi) is 3.46. The SMILES string of the molecule is Fc1cccc(-n2cc(OC3CCNCC3)cn2)c1. The fourth-order valence-electron chi connectivity index (χ4n) is 2.23. The van der Waals surface area contributed by atoms with E-state index in [1.54, 1.807) is 23.1 Å². The Morgan fingerprint density at radius 3 is 2.95 bits per heavy atom. The third-order valence-corrected chi connectivity index (χ3v) is 3.22. The molecule has 0 saturated carbocycles. The number of hydrogen-bond donors (Lipinski definition) is 1. The average molecular weight is 261 g/mol. The minimum absolute atomic E-state index is 0.242. The summed E-state index contributed by atoms with van der Waals surface area (Å²) in [5.41, 5.74) is 0.695. The van der Waals surface area contributed by atoms with Gasteiger partial charge in [-0.2, -0.15) is 5.10 Å². The van der Waals surface area contributed by atoms with Crippen LogP contribution in [0.25, 0.3) is 5.69 Å². The third-order valence-electron chi connectivity index (χ3n) is 3.22. The molecule has 0 spiro atoms. The van der Waals surface area contributed by atoms with Crippen LogP contribution in [0.5, 0.6) is 5.75 Å². The molecule has 0 aliphatic carbocycles. The molecule has 2 aromatic rings. The second-order valence-corrected chi connectivity index (χ2v) is 4.67.